The summed E-state index contributed by atoms with van der Waals surface area (Å²) in [6.45, 7) is 0. The van der Waals surface area contributed by atoms with Crippen molar-refractivity contribution < 1.29 is 0 Å². The van der Waals surface area contributed by atoms with Gasteiger partial charge in [-0.05, 0) is 56.1 Å². The maximum absolute atomic E-state index is 4.37. The molecule has 15 heavy (non-hydrogen) atoms. The van der Waals surface area contributed by atoms with Gasteiger partial charge in [-0.1, -0.05) is 30.0 Å². The van der Waals surface area contributed by atoms with Crippen LogP contribution < -0.4 is 0 Å². The Morgan fingerprint density at radius 1 is 0.933 bits per heavy atom. The van der Waals surface area contributed by atoms with Crippen LogP contribution in [0.1, 0.15) is 0 Å². The van der Waals surface area contributed by atoms with E-state index in [1.165, 1.54) is 4.90 Å². The van der Waals surface area contributed by atoms with Crippen LogP contribution in [-0.4, -0.2) is 4.98 Å². The summed E-state index contributed by atoms with van der Waals surface area (Å²) >= 11 is 8.51. The molecule has 0 unspecified atom stereocenters. The molecule has 0 bridgehead atoms. The van der Waals surface area contributed by atoms with E-state index in [2.05, 4.69) is 42.9 Å². The van der Waals surface area contributed by atoms with Crippen molar-refractivity contribution in [2.75, 3.05) is 0 Å². The zero-order valence-corrected chi connectivity index (χ0v) is 11.6. The predicted molar refractivity (Wildman–Crippen MR) is 70.2 cm³/mol. The molecular formula is C11H7Br2NS. The molecule has 0 saturated carbocycles. The molecule has 1 aromatic heterocycles. The van der Waals surface area contributed by atoms with Gasteiger partial charge in [0.1, 0.15) is 9.63 Å². The van der Waals surface area contributed by atoms with Gasteiger partial charge >= 0.3 is 0 Å². The average Bonchev–Trinajstić information content (AvgIpc) is 2.22. The average molecular weight is 345 g/mol. The number of pyridine rings is 1. The highest BCUT2D eigenvalue weighted by molar-refractivity contribution is 9.10. The Kier molecular flexibility index (Phi) is 3.83. The molecule has 0 aliphatic heterocycles. The minimum atomic E-state index is 0.861. The molecule has 2 rings (SSSR count). The van der Waals surface area contributed by atoms with Crippen LogP contribution in [0.4, 0.5) is 0 Å². The van der Waals surface area contributed by atoms with Crippen molar-refractivity contribution in [1.29, 1.82) is 0 Å². The Balaban J connectivity index is 2.26. The van der Waals surface area contributed by atoms with E-state index in [4.69, 9.17) is 0 Å². The maximum atomic E-state index is 4.37. The predicted octanol–water partition coefficient (Wildman–Crippen LogP) is 4.76. The lowest BCUT2D eigenvalue weighted by atomic mass is 10.4. The van der Waals surface area contributed by atoms with Gasteiger partial charge in [0, 0.05) is 9.37 Å². The second-order valence-electron chi connectivity index (χ2n) is 2.83. The van der Waals surface area contributed by atoms with Gasteiger partial charge in [-0.3, -0.25) is 0 Å². The Morgan fingerprint density at radius 3 is 2.47 bits per heavy atom. The van der Waals surface area contributed by atoms with Crippen LogP contribution in [0.15, 0.2) is 61.5 Å². The molecule has 76 valence electrons. The number of hydrogen-bond acceptors (Lipinski definition) is 2. The highest BCUT2D eigenvalue weighted by atomic mass is 79.9. The van der Waals surface area contributed by atoms with Gasteiger partial charge < -0.3 is 0 Å². The molecule has 0 radical (unpaired) electrons. The fourth-order valence-corrected chi connectivity index (χ4v) is 2.90. The van der Waals surface area contributed by atoms with Crippen molar-refractivity contribution in [2.45, 2.75) is 9.92 Å². The fourth-order valence-electron chi connectivity index (χ4n) is 1.09. The molecule has 2 aromatic rings. The van der Waals surface area contributed by atoms with Gasteiger partial charge in [-0.2, -0.15) is 0 Å². The zero-order valence-electron chi connectivity index (χ0n) is 7.65. The van der Waals surface area contributed by atoms with Crippen LogP contribution in [0.5, 0.6) is 0 Å². The number of halogens is 2. The Labute approximate surface area is 110 Å². The molecule has 0 aliphatic rings. The fraction of sp³-hybridized carbons (Fsp3) is 0. The molecule has 0 atom stereocenters. The Morgan fingerprint density at radius 2 is 1.73 bits per heavy atom. The number of benzene rings is 1. The van der Waals surface area contributed by atoms with Crippen LogP contribution in [0.3, 0.4) is 0 Å². The van der Waals surface area contributed by atoms with Gasteiger partial charge in [0.2, 0.25) is 0 Å². The van der Waals surface area contributed by atoms with Crippen molar-refractivity contribution in [3.63, 3.8) is 0 Å². The molecular weight excluding hydrogens is 338 g/mol. The van der Waals surface area contributed by atoms with E-state index < -0.39 is 0 Å². The highest BCUT2D eigenvalue weighted by Gasteiger charge is 2.02. The van der Waals surface area contributed by atoms with Crippen molar-refractivity contribution in [3.05, 3.63) is 51.5 Å². The first-order chi connectivity index (χ1) is 7.25. The standard InChI is InChI=1S/C11H7Br2NS/c12-8-4-1-2-5-9(8)15-11-7-3-6-10(13)14-11/h1-7H. The third-order valence-electron chi connectivity index (χ3n) is 1.74. The lowest BCUT2D eigenvalue weighted by Gasteiger charge is -2.03. The van der Waals surface area contributed by atoms with Crippen molar-refractivity contribution in [1.82, 2.24) is 4.98 Å². The second kappa shape index (κ2) is 5.14. The quantitative estimate of drug-likeness (QED) is 0.728. The van der Waals surface area contributed by atoms with E-state index in [-0.39, 0.29) is 0 Å². The summed E-state index contributed by atoms with van der Waals surface area (Å²) in [4.78, 5) is 5.54. The topological polar surface area (TPSA) is 12.9 Å². The van der Waals surface area contributed by atoms with Crippen molar-refractivity contribution in [2.24, 2.45) is 0 Å². The summed E-state index contributed by atoms with van der Waals surface area (Å²) in [5.74, 6) is 0. The van der Waals surface area contributed by atoms with E-state index in [9.17, 15) is 0 Å². The van der Waals surface area contributed by atoms with Crippen LogP contribution >= 0.6 is 43.6 Å². The van der Waals surface area contributed by atoms with E-state index in [1.54, 1.807) is 11.8 Å². The minimum Gasteiger partial charge on any atom is -0.234 e. The molecule has 0 N–H and O–H groups in total. The van der Waals surface area contributed by atoms with E-state index in [0.29, 0.717) is 0 Å². The summed E-state index contributed by atoms with van der Waals surface area (Å²) in [6, 6.07) is 14.0. The third kappa shape index (κ3) is 3.06. The summed E-state index contributed by atoms with van der Waals surface area (Å²) in [6.07, 6.45) is 0. The maximum Gasteiger partial charge on any atom is 0.107 e. The first kappa shape index (κ1) is 11.2. The minimum absolute atomic E-state index is 0.861. The molecule has 1 aromatic carbocycles. The van der Waals surface area contributed by atoms with E-state index in [1.807, 2.05) is 36.4 Å². The Bertz CT molecular complexity index is 474. The van der Waals surface area contributed by atoms with Crippen molar-refractivity contribution >= 4 is 43.6 Å². The highest BCUT2D eigenvalue weighted by Crippen LogP contribution is 2.32. The number of nitrogens with zero attached hydrogens (tertiary/aromatic N) is 1. The number of rotatable bonds is 2. The summed E-state index contributed by atoms with van der Waals surface area (Å²) in [5.41, 5.74) is 0. The zero-order chi connectivity index (χ0) is 10.7. The summed E-state index contributed by atoms with van der Waals surface area (Å²) < 4.78 is 1.95. The lowest BCUT2D eigenvalue weighted by molar-refractivity contribution is 1.10. The molecule has 0 aliphatic carbocycles. The molecule has 0 spiro atoms. The summed E-state index contributed by atoms with van der Waals surface area (Å²) in [7, 11) is 0. The molecule has 0 saturated heterocycles. The van der Waals surface area contributed by atoms with Crippen LogP contribution in [0.25, 0.3) is 0 Å². The molecule has 1 heterocycles. The van der Waals surface area contributed by atoms with Crippen LogP contribution in [0.2, 0.25) is 0 Å². The van der Waals surface area contributed by atoms with Crippen molar-refractivity contribution in [3.8, 4) is 0 Å². The lowest BCUT2D eigenvalue weighted by Crippen LogP contribution is -1.80. The normalized spacial score (nSPS) is 10.3. The van der Waals surface area contributed by atoms with Gasteiger partial charge in [0.05, 0.1) is 0 Å². The SMILES string of the molecule is Brc1cccc(Sc2ccccc2Br)n1. The van der Waals surface area contributed by atoms with Crippen LogP contribution in [-0.2, 0) is 0 Å². The van der Waals surface area contributed by atoms with Gasteiger partial charge in [0.15, 0.2) is 0 Å². The molecule has 0 amide bonds. The third-order valence-corrected chi connectivity index (χ3v) is 4.15. The van der Waals surface area contributed by atoms with Gasteiger partial charge in [0.25, 0.3) is 0 Å². The summed E-state index contributed by atoms with van der Waals surface area (Å²) in [5, 5.41) is 0.983. The first-order valence-electron chi connectivity index (χ1n) is 4.30. The number of aromatic nitrogens is 1. The van der Waals surface area contributed by atoms with Gasteiger partial charge in [-0.25, -0.2) is 4.98 Å². The smallest absolute Gasteiger partial charge is 0.107 e. The molecule has 1 nitrogen and oxygen atoms in total. The second-order valence-corrected chi connectivity index (χ2v) is 5.56. The Hall–Kier alpha value is -0.320. The molecule has 4 heteroatoms. The first-order valence-corrected chi connectivity index (χ1v) is 6.71. The largest absolute Gasteiger partial charge is 0.234 e. The van der Waals surface area contributed by atoms with E-state index in [0.717, 1.165) is 14.1 Å². The van der Waals surface area contributed by atoms with E-state index >= 15 is 0 Å². The monoisotopic (exact) mass is 343 g/mol. The number of hydrogen-bond donors (Lipinski definition) is 0. The van der Waals surface area contributed by atoms with Gasteiger partial charge in [-0.15, -0.1) is 0 Å². The molecule has 0 fully saturated rings. The van der Waals surface area contributed by atoms with Crippen LogP contribution in [0, 0.1) is 0 Å².